The number of piperazine rings is 1. The fourth-order valence-electron chi connectivity index (χ4n) is 2.82. The quantitative estimate of drug-likeness (QED) is 0.880. The molecule has 26 heavy (non-hydrogen) atoms. The van der Waals surface area contributed by atoms with Gasteiger partial charge in [0.15, 0.2) is 17.4 Å². The summed E-state index contributed by atoms with van der Waals surface area (Å²) in [5.41, 5.74) is 0. The number of rotatable bonds is 5. The lowest BCUT2D eigenvalue weighted by Gasteiger charge is -2.34. The van der Waals surface area contributed by atoms with Crippen molar-refractivity contribution in [2.45, 2.75) is 20.3 Å². The topological polar surface area (TPSA) is 91.6 Å². The summed E-state index contributed by atoms with van der Waals surface area (Å²) >= 11 is 0. The lowest BCUT2D eigenvalue weighted by molar-refractivity contribution is -0.116. The lowest BCUT2D eigenvalue weighted by Crippen LogP contribution is -2.49. The Hall–Kier alpha value is -2.90. The highest BCUT2D eigenvalue weighted by Gasteiger charge is 2.24. The summed E-state index contributed by atoms with van der Waals surface area (Å²) in [5, 5.41) is 11.0. The van der Waals surface area contributed by atoms with Crippen molar-refractivity contribution in [3.63, 3.8) is 0 Å². The van der Waals surface area contributed by atoms with Crippen molar-refractivity contribution in [1.82, 2.24) is 15.1 Å². The first kappa shape index (κ1) is 17.9. The van der Waals surface area contributed by atoms with Gasteiger partial charge in [0.05, 0.1) is 6.26 Å². The van der Waals surface area contributed by atoms with Gasteiger partial charge in [-0.25, -0.2) is 0 Å². The Morgan fingerprint density at radius 3 is 2.50 bits per heavy atom. The molecule has 0 atom stereocenters. The molecule has 1 N–H and O–H groups in total. The molecule has 0 bridgehead atoms. The molecular formula is C18H23N5O3. The van der Waals surface area contributed by atoms with Crippen molar-refractivity contribution in [1.29, 1.82) is 0 Å². The van der Waals surface area contributed by atoms with E-state index in [1.165, 1.54) is 6.26 Å². The highest BCUT2D eigenvalue weighted by atomic mass is 16.3. The second kappa shape index (κ2) is 7.99. The molecule has 138 valence electrons. The zero-order valence-electron chi connectivity index (χ0n) is 15.0. The molecule has 0 radical (unpaired) electrons. The predicted molar refractivity (Wildman–Crippen MR) is 96.9 cm³/mol. The van der Waals surface area contributed by atoms with Gasteiger partial charge in [-0.15, -0.1) is 10.2 Å². The van der Waals surface area contributed by atoms with E-state index in [2.05, 4.69) is 20.4 Å². The summed E-state index contributed by atoms with van der Waals surface area (Å²) < 4.78 is 5.17. The monoisotopic (exact) mass is 357 g/mol. The standard InChI is InChI=1S/C18H23N5O3/c1-13(2)12-17(24)19-15-5-6-16(21-20-15)22-7-9-23(10-8-22)18(25)14-4-3-11-26-14/h3-6,11,13H,7-10,12H2,1-2H3,(H,19,20,24). The van der Waals surface area contributed by atoms with Crippen LogP contribution >= 0.6 is 0 Å². The normalized spacial score (nSPS) is 14.6. The van der Waals surface area contributed by atoms with E-state index in [0.717, 1.165) is 5.82 Å². The molecule has 3 rings (SSSR count). The molecule has 3 heterocycles. The van der Waals surface area contributed by atoms with Gasteiger partial charge in [-0.2, -0.15) is 0 Å². The van der Waals surface area contributed by atoms with Gasteiger partial charge in [-0.05, 0) is 30.2 Å². The first-order chi connectivity index (χ1) is 12.5. The number of anilines is 2. The molecule has 0 saturated carbocycles. The van der Waals surface area contributed by atoms with E-state index in [-0.39, 0.29) is 11.8 Å². The van der Waals surface area contributed by atoms with Crippen molar-refractivity contribution in [3.8, 4) is 0 Å². The van der Waals surface area contributed by atoms with E-state index in [1.54, 1.807) is 23.1 Å². The van der Waals surface area contributed by atoms with Crippen LogP contribution in [-0.4, -0.2) is 53.1 Å². The van der Waals surface area contributed by atoms with Crippen LogP contribution in [0, 0.1) is 5.92 Å². The molecule has 0 aliphatic carbocycles. The van der Waals surface area contributed by atoms with Crippen molar-refractivity contribution < 1.29 is 14.0 Å². The van der Waals surface area contributed by atoms with Crippen LogP contribution in [0.15, 0.2) is 34.9 Å². The Bertz CT molecular complexity index is 735. The summed E-state index contributed by atoms with van der Waals surface area (Å²) in [7, 11) is 0. The fourth-order valence-corrected chi connectivity index (χ4v) is 2.82. The van der Waals surface area contributed by atoms with Crippen LogP contribution in [0.2, 0.25) is 0 Å². The number of carbonyl (C=O) groups is 2. The molecule has 1 aliphatic rings. The van der Waals surface area contributed by atoms with Gasteiger partial charge in [-0.1, -0.05) is 13.8 Å². The van der Waals surface area contributed by atoms with Gasteiger partial charge in [0.1, 0.15) is 0 Å². The number of nitrogens with zero attached hydrogens (tertiary/aromatic N) is 4. The lowest BCUT2D eigenvalue weighted by atomic mass is 10.1. The van der Waals surface area contributed by atoms with E-state index in [0.29, 0.717) is 50.1 Å². The Morgan fingerprint density at radius 1 is 1.15 bits per heavy atom. The molecule has 8 nitrogen and oxygen atoms in total. The highest BCUT2D eigenvalue weighted by molar-refractivity contribution is 5.91. The Morgan fingerprint density at radius 2 is 1.92 bits per heavy atom. The van der Waals surface area contributed by atoms with E-state index in [1.807, 2.05) is 19.9 Å². The molecule has 1 saturated heterocycles. The van der Waals surface area contributed by atoms with Crippen molar-refractivity contribution in [2.24, 2.45) is 5.92 Å². The second-order valence-corrected chi connectivity index (χ2v) is 6.68. The van der Waals surface area contributed by atoms with Crippen LogP contribution < -0.4 is 10.2 Å². The zero-order chi connectivity index (χ0) is 18.5. The van der Waals surface area contributed by atoms with Crippen molar-refractivity contribution in [3.05, 3.63) is 36.3 Å². The largest absolute Gasteiger partial charge is 0.459 e. The van der Waals surface area contributed by atoms with Crippen LogP contribution in [0.1, 0.15) is 30.8 Å². The van der Waals surface area contributed by atoms with Gasteiger partial charge in [0.2, 0.25) is 5.91 Å². The third-order valence-corrected chi connectivity index (χ3v) is 4.13. The van der Waals surface area contributed by atoms with Gasteiger partial charge in [0.25, 0.3) is 5.91 Å². The van der Waals surface area contributed by atoms with Crippen LogP contribution in [0.5, 0.6) is 0 Å². The Balaban J connectivity index is 1.53. The Kier molecular flexibility index (Phi) is 5.50. The predicted octanol–water partition coefficient (Wildman–Crippen LogP) is 2.02. The van der Waals surface area contributed by atoms with Crippen molar-refractivity contribution in [2.75, 3.05) is 36.4 Å². The highest BCUT2D eigenvalue weighted by Crippen LogP contribution is 2.16. The summed E-state index contributed by atoms with van der Waals surface area (Å²) in [6, 6.07) is 6.97. The molecule has 2 aromatic rings. The average Bonchev–Trinajstić information content (AvgIpc) is 3.16. The van der Waals surface area contributed by atoms with Crippen LogP contribution in [0.4, 0.5) is 11.6 Å². The second-order valence-electron chi connectivity index (χ2n) is 6.68. The molecule has 1 fully saturated rings. The maximum atomic E-state index is 12.3. The number of furan rings is 1. The van der Waals surface area contributed by atoms with Gasteiger partial charge < -0.3 is 19.5 Å². The van der Waals surface area contributed by atoms with E-state index in [9.17, 15) is 9.59 Å². The molecule has 2 amide bonds. The maximum Gasteiger partial charge on any atom is 0.289 e. The van der Waals surface area contributed by atoms with Crippen LogP contribution in [0.3, 0.4) is 0 Å². The minimum atomic E-state index is -0.0936. The first-order valence-electron chi connectivity index (χ1n) is 8.74. The van der Waals surface area contributed by atoms with Gasteiger partial charge >= 0.3 is 0 Å². The molecule has 0 aromatic carbocycles. The number of hydrogen-bond acceptors (Lipinski definition) is 6. The fraction of sp³-hybridized carbons (Fsp3) is 0.444. The maximum absolute atomic E-state index is 12.3. The molecule has 0 unspecified atom stereocenters. The number of aromatic nitrogens is 2. The summed E-state index contributed by atoms with van der Waals surface area (Å²) in [6.45, 7) is 6.50. The van der Waals surface area contributed by atoms with Crippen molar-refractivity contribution >= 4 is 23.5 Å². The van der Waals surface area contributed by atoms with Crippen LogP contribution in [0.25, 0.3) is 0 Å². The summed E-state index contributed by atoms with van der Waals surface area (Å²) in [5.74, 6) is 1.68. The molecule has 2 aromatic heterocycles. The van der Waals surface area contributed by atoms with Gasteiger partial charge in [-0.3, -0.25) is 9.59 Å². The van der Waals surface area contributed by atoms with Gasteiger partial charge in [0, 0.05) is 32.6 Å². The number of amides is 2. The number of nitrogens with one attached hydrogen (secondary N) is 1. The van der Waals surface area contributed by atoms with E-state index < -0.39 is 0 Å². The molecule has 0 spiro atoms. The molecule has 8 heteroatoms. The molecular weight excluding hydrogens is 334 g/mol. The summed E-state index contributed by atoms with van der Waals surface area (Å²) in [6.07, 6.45) is 1.95. The zero-order valence-corrected chi connectivity index (χ0v) is 15.0. The smallest absolute Gasteiger partial charge is 0.289 e. The van der Waals surface area contributed by atoms with E-state index >= 15 is 0 Å². The minimum absolute atomic E-state index is 0.0629. The Labute approximate surface area is 152 Å². The van der Waals surface area contributed by atoms with E-state index in [4.69, 9.17) is 4.42 Å². The number of hydrogen-bond donors (Lipinski definition) is 1. The number of carbonyl (C=O) groups excluding carboxylic acids is 2. The third kappa shape index (κ3) is 4.38. The van der Waals surface area contributed by atoms with Crippen LogP contribution in [-0.2, 0) is 4.79 Å². The third-order valence-electron chi connectivity index (χ3n) is 4.13. The average molecular weight is 357 g/mol. The SMILES string of the molecule is CC(C)CC(=O)Nc1ccc(N2CCN(C(=O)c3ccco3)CC2)nn1. The molecule has 1 aliphatic heterocycles. The minimum Gasteiger partial charge on any atom is -0.459 e. The first-order valence-corrected chi connectivity index (χ1v) is 8.74. The summed E-state index contributed by atoms with van der Waals surface area (Å²) in [4.78, 5) is 27.9.